The maximum atomic E-state index is 11.4. The van der Waals surface area contributed by atoms with Gasteiger partial charge in [-0.2, -0.15) is 0 Å². The molecular weight excluding hydrogens is 212 g/mol. The summed E-state index contributed by atoms with van der Waals surface area (Å²) < 4.78 is 0. The number of carboxylic acid groups (broad SMARTS) is 1. The first-order valence-electron chi connectivity index (χ1n) is 6.90. The highest BCUT2D eigenvalue weighted by atomic mass is 16.4. The Bertz CT molecular complexity index is 396. The quantitative estimate of drug-likeness (QED) is 0.795. The Morgan fingerprint density at radius 1 is 1.53 bits per heavy atom. The molecule has 5 atom stereocenters. The monoisotopic (exact) mass is 234 g/mol. The molecule has 0 aromatic carbocycles. The average Bonchev–Trinajstić information content (AvgIpc) is 2.29. The molecule has 4 bridgehead atoms. The minimum atomic E-state index is -0.672. The van der Waals surface area contributed by atoms with Gasteiger partial charge in [0.1, 0.15) is 0 Å². The minimum absolute atomic E-state index is 0.304. The Morgan fingerprint density at radius 2 is 2.24 bits per heavy atom. The van der Waals surface area contributed by atoms with E-state index in [1.807, 2.05) is 6.08 Å². The third-order valence-corrected chi connectivity index (χ3v) is 5.95. The normalized spacial score (nSPS) is 47.4. The molecule has 5 unspecified atom stereocenters. The molecule has 4 aliphatic carbocycles. The average molecular weight is 234 g/mol. The topological polar surface area (TPSA) is 37.3 Å². The second kappa shape index (κ2) is 3.37. The third-order valence-electron chi connectivity index (χ3n) is 5.95. The van der Waals surface area contributed by atoms with Gasteiger partial charge in [0.2, 0.25) is 0 Å². The van der Waals surface area contributed by atoms with Gasteiger partial charge in [-0.1, -0.05) is 26.8 Å². The summed E-state index contributed by atoms with van der Waals surface area (Å²) in [6, 6.07) is 0. The van der Waals surface area contributed by atoms with Gasteiger partial charge in [-0.05, 0) is 54.3 Å². The zero-order valence-corrected chi connectivity index (χ0v) is 10.9. The SMILES string of the molecule is CC(C)C1CCC2(C)C3CC=C(C(=O)O)C2C13. The van der Waals surface area contributed by atoms with Crippen molar-refractivity contribution < 1.29 is 9.90 Å². The predicted molar refractivity (Wildman–Crippen MR) is 66.5 cm³/mol. The van der Waals surface area contributed by atoms with E-state index in [9.17, 15) is 9.90 Å². The summed E-state index contributed by atoms with van der Waals surface area (Å²) in [6.07, 6.45) is 5.53. The molecule has 4 aliphatic rings. The van der Waals surface area contributed by atoms with Crippen LogP contribution >= 0.6 is 0 Å². The number of carbonyl (C=O) groups is 1. The van der Waals surface area contributed by atoms with Crippen molar-refractivity contribution in [2.24, 2.45) is 35.0 Å². The molecule has 0 spiro atoms. The highest BCUT2D eigenvalue weighted by Gasteiger charge is 2.66. The van der Waals surface area contributed by atoms with Crippen LogP contribution in [0.1, 0.15) is 40.0 Å². The Hall–Kier alpha value is -0.790. The molecule has 3 fully saturated rings. The summed E-state index contributed by atoms with van der Waals surface area (Å²) in [5.74, 6) is 2.54. The Morgan fingerprint density at radius 3 is 2.82 bits per heavy atom. The van der Waals surface area contributed by atoms with Gasteiger partial charge >= 0.3 is 5.97 Å². The molecule has 4 rings (SSSR count). The van der Waals surface area contributed by atoms with E-state index in [2.05, 4.69) is 20.8 Å². The van der Waals surface area contributed by atoms with Gasteiger partial charge in [0.25, 0.3) is 0 Å². The Labute approximate surface area is 103 Å². The largest absolute Gasteiger partial charge is 0.478 e. The summed E-state index contributed by atoms with van der Waals surface area (Å²) in [5, 5.41) is 9.36. The van der Waals surface area contributed by atoms with Crippen LogP contribution in [0.4, 0.5) is 0 Å². The molecule has 2 heteroatoms. The van der Waals surface area contributed by atoms with Crippen LogP contribution in [0.3, 0.4) is 0 Å². The van der Waals surface area contributed by atoms with E-state index in [0.717, 1.165) is 23.8 Å². The van der Waals surface area contributed by atoms with Crippen LogP contribution in [0.25, 0.3) is 0 Å². The van der Waals surface area contributed by atoms with Crippen molar-refractivity contribution >= 4 is 5.97 Å². The first-order valence-corrected chi connectivity index (χ1v) is 6.90. The summed E-state index contributed by atoms with van der Waals surface area (Å²) in [5.41, 5.74) is 1.03. The molecule has 3 saturated carbocycles. The lowest BCUT2D eigenvalue weighted by atomic mass is 9.34. The number of aliphatic carboxylic acids is 1. The smallest absolute Gasteiger partial charge is 0.331 e. The van der Waals surface area contributed by atoms with E-state index in [0.29, 0.717) is 23.2 Å². The molecule has 94 valence electrons. The molecule has 0 heterocycles. The van der Waals surface area contributed by atoms with Crippen LogP contribution in [0.5, 0.6) is 0 Å². The lowest BCUT2D eigenvalue weighted by Gasteiger charge is -2.69. The molecule has 0 saturated heterocycles. The van der Waals surface area contributed by atoms with Crippen LogP contribution in [-0.4, -0.2) is 11.1 Å². The molecule has 0 amide bonds. The molecule has 17 heavy (non-hydrogen) atoms. The van der Waals surface area contributed by atoms with E-state index < -0.39 is 5.97 Å². The fourth-order valence-electron chi connectivity index (χ4n) is 5.15. The number of hydrogen-bond acceptors (Lipinski definition) is 1. The zero-order chi connectivity index (χ0) is 12.4. The van der Waals surface area contributed by atoms with Crippen molar-refractivity contribution in [2.45, 2.75) is 40.0 Å². The number of carboxylic acids is 1. The molecule has 0 radical (unpaired) electrons. The fraction of sp³-hybridized carbons (Fsp3) is 0.800. The lowest BCUT2D eigenvalue weighted by Crippen LogP contribution is -2.64. The van der Waals surface area contributed by atoms with E-state index in [4.69, 9.17) is 0 Å². The van der Waals surface area contributed by atoms with E-state index in [1.165, 1.54) is 12.8 Å². The molecule has 1 N–H and O–H groups in total. The first-order chi connectivity index (χ1) is 7.97. The molecule has 0 aliphatic heterocycles. The zero-order valence-electron chi connectivity index (χ0n) is 10.9. The second-order valence-corrected chi connectivity index (χ2v) is 6.81. The predicted octanol–water partition coefficient (Wildman–Crippen LogP) is 3.34. The van der Waals surface area contributed by atoms with Crippen LogP contribution in [-0.2, 0) is 4.79 Å². The maximum absolute atomic E-state index is 11.4. The van der Waals surface area contributed by atoms with Crippen molar-refractivity contribution in [3.05, 3.63) is 11.6 Å². The number of rotatable bonds is 2. The van der Waals surface area contributed by atoms with Crippen molar-refractivity contribution in [1.82, 2.24) is 0 Å². The summed E-state index contributed by atoms with van der Waals surface area (Å²) in [4.78, 5) is 11.4. The lowest BCUT2D eigenvalue weighted by molar-refractivity contribution is -0.186. The molecular formula is C15H22O2. The maximum Gasteiger partial charge on any atom is 0.331 e. The summed E-state index contributed by atoms with van der Waals surface area (Å²) in [6.45, 7) is 6.92. The van der Waals surface area contributed by atoms with Crippen molar-refractivity contribution in [3.8, 4) is 0 Å². The van der Waals surface area contributed by atoms with Gasteiger partial charge < -0.3 is 5.11 Å². The fourth-order valence-corrected chi connectivity index (χ4v) is 5.15. The first kappa shape index (κ1) is 11.3. The van der Waals surface area contributed by atoms with Crippen molar-refractivity contribution in [1.29, 1.82) is 0 Å². The number of hydrogen-bond donors (Lipinski definition) is 1. The third kappa shape index (κ3) is 1.24. The molecule has 0 aromatic heterocycles. The van der Waals surface area contributed by atoms with Gasteiger partial charge in [-0.15, -0.1) is 0 Å². The van der Waals surface area contributed by atoms with Gasteiger partial charge in [-0.3, -0.25) is 0 Å². The molecule has 2 nitrogen and oxygen atoms in total. The van der Waals surface area contributed by atoms with E-state index in [-0.39, 0.29) is 0 Å². The number of allylic oxidation sites excluding steroid dienone is 1. The highest BCUT2D eigenvalue weighted by molar-refractivity contribution is 5.88. The standard InChI is InChI=1S/C15H22O2/c1-8(2)9-6-7-15(3)11-5-4-10(14(16)17)13(15)12(9)11/h4,8-9,11-13H,5-7H2,1-3H3,(H,16,17). The summed E-state index contributed by atoms with van der Waals surface area (Å²) in [7, 11) is 0. The van der Waals surface area contributed by atoms with Crippen LogP contribution in [0.15, 0.2) is 11.6 Å². The van der Waals surface area contributed by atoms with Gasteiger partial charge in [0.05, 0.1) is 0 Å². The Balaban J connectivity index is 1.97. The van der Waals surface area contributed by atoms with Crippen molar-refractivity contribution in [3.63, 3.8) is 0 Å². The number of fused-ring (bicyclic) bond motifs is 2. The second-order valence-electron chi connectivity index (χ2n) is 6.81. The van der Waals surface area contributed by atoms with Crippen LogP contribution < -0.4 is 0 Å². The van der Waals surface area contributed by atoms with E-state index >= 15 is 0 Å². The van der Waals surface area contributed by atoms with Gasteiger partial charge in [-0.25, -0.2) is 4.79 Å². The minimum Gasteiger partial charge on any atom is -0.478 e. The summed E-state index contributed by atoms with van der Waals surface area (Å²) >= 11 is 0. The van der Waals surface area contributed by atoms with E-state index in [1.54, 1.807) is 0 Å². The van der Waals surface area contributed by atoms with Crippen molar-refractivity contribution in [2.75, 3.05) is 0 Å². The van der Waals surface area contributed by atoms with Crippen LogP contribution in [0, 0.1) is 35.0 Å². The van der Waals surface area contributed by atoms with Gasteiger partial charge in [0.15, 0.2) is 0 Å². The highest BCUT2D eigenvalue weighted by Crippen LogP contribution is 2.71. The van der Waals surface area contributed by atoms with Crippen LogP contribution in [0.2, 0.25) is 0 Å². The molecule has 0 aromatic rings. The Kier molecular flexibility index (Phi) is 2.24. The van der Waals surface area contributed by atoms with Gasteiger partial charge in [0, 0.05) is 5.57 Å².